The highest BCUT2D eigenvalue weighted by molar-refractivity contribution is 5.83. The molecule has 0 saturated heterocycles. The van der Waals surface area contributed by atoms with Gasteiger partial charge in [0.2, 0.25) is 0 Å². The highest BCUT2D eigenvalue weighted by Crippen LogP contribution is 2.20. The molecule has 0 spiro atoms. The largest absolute Gasteiger partial charge is 0.469 e. The summed E-state index contributed by atoms with van der Waals surface area (Å²) in [6.07, 6.45) is -1.56. The highest BCUT2D eigenvalue weighted by Gasteiger charge is 2.34. The number of pyridine rings is 1. The van der Waals surface area contributed by atoms with Crippen LogP contribution in [-0.4, -0.2) is 46.9 Å². The minimum atomic E-state index is -1.62. The first-order valence-electron chi connectivity index (χ1n) is 8.25. The topological polar surface area (TPSA) is 90.7 Å². The van der Waals surface area contributed by atoms with Gasteiger partial charge in [0.15, 0.2) is 6.10 Å². The number of hydrogen-bond donors (Lipinski definition) is 1. The Kier molecular flexibility index (Phi) is 6.15. The van der Waals surface area contributed by atoms with Gasteiger partial charge in [-0.3, -0.25) is 4.79 Å². The van der Waals surface area contributed by atoms with Gasteiger partial charge in [-0.05, 0) is 50.6 Å². The van der Waals surface area contributed by atoms with Gasteiger partial charge >= 0.3 is 11.9 Å². The van der Waals surface area contributed by atoms with Crippen LogP contribution in [0, 0.1) is 26.7 Å². The average molecular weight is 360 g/mol. The minimum absolute atomic E-state index is 0.0526. The number of aliphatic hydroxyl groups is 1. The molecule has 26 heavy (non-hydrogen) atoms. The molecule has 2 atom stereocenters. The van der Waals surface area contributed by atoms with Crippen molar-refractivity contribution in [1.82, 2.24) is 9.55 Å². The predicted octanol–water partition coefficient (Wildman–Crippen LogP) is 1.66. The molecule has 7 nitrogen and oxygen atoms in total. The number of esters is 2. The van der Waals surface area contributed by atoms with Gasteiger partial charge in [-0.15, -0.1) is 0 Å². The summed E-state index contributed by atoms with van der Waals surface area (Å²) in [5, 5.41) is 10.1. The van der Waals surface area contributed by atoms with E-state index in [-0.39, 0.29) is 6.42 Å². The quantitative estimate of drug-likeness (QED) is 0.788. The molecule has 2 heterocycles. The van der Waals surface area contributed by atoms with E-state index in [1.165, 1.54) is 7.11 Å². The van der Waals surface area contributed by atoms with Crippen LogP contribution in [0.3, 0.4) is 0 Å². The van der Waals surface area contributed by atoms with Crippen LogP contribution in [0.1, 0.15) is 22.6 Å². The Labute approximate surface area is 152 Å². The van der Waals surface area contributed by atoms with Gasteiger partial charge in [0.1, 0.15) is 5.82 Å². The third-order valence-electron chi connectivity index (χ3n) is 4.27. The number of aryl methyl sites for hydroxylation is 3. The van der Waals surface area contributed by atoms with Gasteiger partial charge in [0.05, 0.1) is 20.1 Å². The zero-order valence-electron chi connectivity index (χ0n) is 15.6. The molecular weight excluding hydrogens is 336 g/mol. The zero-order chi connectivity index (χ0) is 19.4. The fourth-order valence-electron chi connectivity index (χ4n) is 2.95. The van der Waals surface area contributed by atoms with Crippen molar-refractivity contribution >= 4 is 11.9 Å². The summed E-state index contributed by atoms with van der Waals surface area (Å²) in [5.74, 6) is -1.95. The van der Waals surface area contributed by atoms with Crippen molar-refractivity contribution in [3.63, 3.8) is 0 Å². The number of hydrogen-bond acceptors (Lipinski definition) is 6. The number of aliphatic hydroxyl groups excluding tert-OH is 1. The van der Waals surface area contributed by atoms with Crippen LogP contribution in [0.2, 0.25) is 0 Å². The van der Waals surface area contributed by atoms with Crippen LogP contribution in [0.5, 0.6) is 0 Å². The molecule has 1 N–H and O–H groups in total. The molecule has 0 aromatic carbocycles. The van der Waals surface area contributed by atoms with Gasteiger partial charge in [0, 0.05) is 23.5 Å². The second kappa shape index (κ2) is 8.14. The number of carbonyl (C=O) groups excluding carboxylic acids is 2. The molecule has 0 radical (unpaired) electrons. The number of ether oxygens (including phenoxy) is 2. The first-order valence-corrected chi connectivity index (χ1v) is 8.25. The lowest BCUT2D eigenvalue weighted by Gasteiger charge is -2.19. The lowest BCUT2D eigenvalue weighted by atomic mass is 9.96. The maximum atomic E-state index is 12.1. The van der Waals surface area contributed by atoms with Crippen molar-refractivity contribution in [2.45, 2.75) is 33.3 Å². The SMILES string of the molecule is COC(=O)[C@@H](Cc1cc(C)cc(-n2c(C)ccc2C)n1)[C@@H](O)C(=O)OC. The second-order valence-electron chi connectivity index (χ2n) is 6.25. The van der Waals surface area contributed by atoms with Crippen molar-refractivity contribution in [3.05, 3.63) is 46.9 Å². The Morgan fingerprint density at radius 3 is 2.19 bits per heavy atom. The number of carbonyl (C=O) groups is 2. The summed E-state index contributed by atoms with van der Waals surface area (Å²) in [7, 11) is 2.36. The van der Waals surface area contributed by atoms with Gasteiger partial charge in [-0.2, -0.15) is 0 Å². The van der Waals surface area contributed by atoms with Crippen molar-refractivity contribution in [2.24, 2.45) is 5.92 Å². The third kappa shape index (κ3) is 4.11. The van der Waals surface area contributed by atoms with E-state index < -0.39 is 24.0 Å². The maximum Gasteiger partial charge on any atom is 0.335 e. The van der Waals surface area contributed by atoms with E-state index in [9.17, 15) is 14.7 Å². The normalized spacial score (nSPS) is 13.2. The molecule has 140 valence electrons. The van der Waals surface area contributed by atoms with E-state index in [4.69, 9.17) is 4.74 Å². The Morgan fingerprint density at radius 1 is 1.08 bits per heavy atom. The summed E-state index contributed by atoms with van der Waals surface area (Å²) < 4.78 is 11.3. The molecule has 7 heteroatoms. The summed E-state index contributed by atoms with van der Waals surface area (Å²) in [6, 6.07) is 7.75. The van der Waals surface area contributed by atoms with Gasteiger partial charge in [-0.1, -0.05) is 0 Å². The Bertz CT molecular complexity index is 793. The van der Waals surface area contributed by atoms with Gasteiger partial charge < -0.3 is 19.1 Å². The van der Waals surface area contributed by atoms with Crippen molar-refractivity contribution in [2.75, 3.05) is 14.2 Å². The standard InChI is InChI=1S/C19H24N2O5/c1-11-8-14(10-15(18(23)25-4)17(22)19(24)26-5)20-16(9-11)21-12(2)6-7-13(21)3/h6-9,15,17,22H,10H2,1-5H3/t15-,17+/m0/s1. The van der Waals surface area contributed by atoms with E-state index in [1.807, 2.05) is 49.6 Å². The van der Waals surface area contributed by atoms with Crippen molar-refractivity contribution in [3.8, 4) is 5.82 Å². The molecule has 0 aliphatic rings. The van der Waals surface area contributed by atoms with Crippen LogP contribution in [0.15, 0.2) is 24.3 Å². The molecule has 2 aromatic rings. The summed E-state index contributed by atoms with van der Waals surface area (Å²) >= 11 is 0. The number of rotatable bonds is 6. The van der Waals surface area contributed by atoms with Crippen molar-refractivity contribution in [1.29, 1.82) is 0 Å². The first-order chi connectivity index (χ1) is 12.3. The molecule has 0 amide bonds. The van der Waals surface area contributed by atoms with E-state index >= 15 is 0 Å². The lowest BCUT2D eigenvalue weighted by molar-refractivity contribution is -0.163. The third-order valence-corrected chi connectivity index (χ3v) is 4.27. The molecule has 2 aromatic heterocycles. The smallest absolute Gasteiger partial charge is 0.335 e. The van der Waals surface area contributed by atoms with E-state index in [1.54, 1.807) is 0 Å². The second-order valence-corrected chi connectivity index (χ2v) is 6.25. The molecule has 0 aliphatic heterocycles. The molecule has 2 rings (SSSR count). The van der Waals surface area contributed by atoms with Crippen LogP contribution in [0.25, 0.3) is 5.82 Å². The molecule has 0 aliphatic carbocycles. The number of nitrogens with zero attached hydrogens (tertiary/aromatic N) is 2. The first kappa shape index (κ1) is 19.7. The lowest BCUT2D eigenvalue weighted by Crippen LogP contribution is -2.38. The van der Waals surface area contributed by atoms with Gasteiger partial charge in [-0.25, -0.2) is 9.78 Å². The fourth-order valence-corrected chi connectivity index (χ4v) is 2.95. The number of aromatic nitrogens is 2. The summed E-state index contributed by atoms with van der Waals surface area (Å²) in [5.41, 5.74) is 3.59. The van der Waals surface area contributed by atoms with E-state index in [0.717, 1.165) is 29.9 Å². The van der Waals surface area contributed by atoms with E-state index in [2.05, 4.69) is 9.72 Å². The Hall–Kier alpha value is -2.67. The van der Waals surface area contributed by atoms with Crippen LogP contribution in [-0.2, 0) is 25.5 Å². The van der Waals surface area contributed by atoms with Crippen LogP contribution < -0.4 is 0 Å². The van der Waals surface area contributed by atoms with Gasteiger partial charge in [0.25, 0.3) is 0 Å². The Morgan fingerprint density at radius 2 is 1.65 bits per heavy atom. The van der Waals surface area contributed by atoms with Crippen LogP contribution in [0.4, 0.5) is 0 Å². The molecular formula is C19H24N2O5. The van der Waals surface area contributed by atoms with Crippen LogP contribution >= 0.6 is 0 Å². The summed E-state index contributed by atoms with van der Waals surface area (Å²) in [6.45, 7) is 5.89. The average Bonchev–Trinajstić information content (AvgIpc) is 2.95. The maximum absolute atomic E-state index is 12.1. The monoisotopic (exact) mass is 360 g/mol. The zero-order valence-corrected chi connectivity index (χ0v) is 15.6. The fraction of sp³-hybridized carbons (Fsp3) is 0.421. The summed E-state index contributed by atoms with van der Waals surface area (Å²) in [4.78, 5) is 28.3. The van der Waals surface area contributed by atoms with Crippen molar-refractivity contribution < 1.29 is 24.2 Å². The highest BCUT2D eigenvalue weighted by atomic mass is 16.5. The molecule has 0 fully saturated rings. The molecule has 0 unspecified atom stereocenters. The minimum Gasteiger partial charge on any atom is -0.469 e. The molecule has 0 saturated carbocycles. The predicted molar refractivity (Wildman–Crippen MR) is 95.0 cm³/mol. The van der Waals surface area contributed by atoms with E-state index in [0.29, 0.717) is 5.69 Å². The molecule has 0 bridgehead atoms. The Balaban J connectivity index is 2.41. The number of methoxy groups -OCH3 is 2.